The Hall–Kier alpha value is -0.870. The topological polar surface area (TPSA) is 40.5 Å². The van der Waals surface area contributed by atoms with Crippen LogP contribution in [-0.2, 0) is 11.2 Å². The van der Waals surface area contributed by atoms with E-state index in [1.165, 1.54) is 4.88 Å². The van der Waals surface area contributed by atoms with Gasteiger partial charge < -0.3 is 10.0 Å². The lowest BCUT2D eigenvalue weighted by Crippen LogP contribution is -2.27. The SMILES string of the molecule is O=C1CC(O)CN1CCc1cccs1. The van der Waals surface area contributed by atoms with Gasteiger partial charge in [-0.2, -0.15) is 0 Å². The molecule has 1 amide bonds. The Morgan fingerprint density at radius 1 is 1.64 bits per heavy atom. The summed E-state index contributed by atoms with van der Waals surface area (Å²) in [4.78, 5) is 14.3. The van der Waals surface area contributed by atoms with E-state index in [0.29, 0.717) is 13.0 Å². The first-order valence-corrected chi connectivity index (χ1v) is 5.62. The van der Waals surface area contributed by atoms with E-state index in [9.17, 15) is 9.90 Å². The minimum Gasteiger partial charge on any atom is -0.391 e. The van der Waals surface area contributed by atoms with Gasteiger partial charge in [0, 0.05) is 18.0 Å². The maximum Gasteiger partial charge on any atom is 0.225 e. The van der Waals surface area contributed by atoms with Crippen molar-refractivity contribution < 1.29 is 9.90 Å². The molecule has 0 bridgehead atoms. The molecular formula is C10H13NO2S. The quantitative estimate of drug-likeness (QED) is 0.806. The number of nitrogens with zero attached hydrogens (tertiary/aromatic N) is 1. The van der Waals surface area contributed by atoms with E-state index in [4.69, 9.17) is 0 Å². The second-order valence-electron chi connectivity index (χ2n) is 3.53. The average molecular weight is 211 g/mol. The molecule has 1 aromatic heterocycles. The Kier molecular flexibility index (Phi) is 2.84. The number of hydrogen-bond acceptors (Lipinski definition) is 3. The van der Waals surface area contributed by atoms with Crippen LogP contribution >= 0.6 is 11.3 Å². The van der Waals surface area contributed by atoms with E-state index in [0.717, 1.165) is 13.0 Å². The maximum absolute atomic E-state index is 11.3. The first-order valence-electron chi connectivity index (χ1n) is 4.74. The molecule has 0 saturated carbocycles. The van der Waals surface area contributed by atoms with Gasteiger partial charge in [-0.3, -0.25) is 4.79 Å². The van der Waals surface area contributed by atoms with Crippen molar-refractivity contribution in [1.82, 2.24) is 4.90 Å². The summed E-state index contributed by atoms with van der Waals surface area (Å²) in [6.07, 6.45) is 0.742. The fraction of sp³-hybridized carbons (Fsp3) is 0.500. The van der Waals surface area contributed by atoms with Gasteiger partial charge in [-0.1, -0.05) is 6.07 Å². The van der Waals surface area contributed by atoms with Crippen molar-refractivity contribution in [2.24, 2.45) is 0 Å². The molecule has 76 valence electrons. The zero-order chi connectivity index (χ0) is 9.97. The highest BCUT2D eigenvalue weighted by Crippen LogP contribution is 2.14. The van der Waals surface area contributed by atoms with Gasteiger partial charge in [0.1, 0.15) is 0 Å². The fourth-order valence-corrected chi connectivity index (χ4v) is 2.37. The summed E-state index contributed by atoms with van der Waals surface area (Å²) in [5.74, 6) is 0.0778. The molecule has 1 atom stereocenters. The molecule has 3 nitrogen and oxygen atoms in total. The molecule has 0 aromatic carbocycles. The molecule has 1 aliphatic rings. The number of aliphatic hydroxyl groups excluding tert-OH is 1. The number of hydrogen-bond donors (Lipinski definition) is 1. The molecule has 1 N–H and O–H groups in total. The highest BCUT2D eigenvalue weighted by atomic mass is 32.1. The average Bonchev–Trinajstić information content (AvgIpc) is 2.72. The molecular weight excluding hydrogens is 198 g/mol. The second-order valence-corrected chi connectivity index (χ2v) is 4.56. The predicted octanol–water partition coefficient (Wildman–Crippen LogP) is 0.884. The Morgan fingerprint density at radius 2 is 2.50 bits per heavy atom. The first kappa shape index (κ1) is 9.68. The third kappa shape index (κ3) is 2.13. The fourth-order valence-electron chi connectivity index (χ4n) is 1.67. The summed E-state index contributed by atoms with van der Waals surface area (Å²) >= 11 is 1.71. The van der Waals surface area contributed by atoms with Crippen molar-refractivity contribution in [3.05, 3.63) is 22.4 Å². The van der Waals surface area contributed by atoms with Crippen LogP contribution in [0.5, 0.6) is 0 Å². The molecule has 0 spiro atoms. The molecule has 1 saturated heterocycles. The zero-order valence-corrected chi connectivity index (χ0v) is 8.67. The van der Waals surface area contributed by atoms with Crippen LogP contribution in [0, 0.1) is 0 Å². The number of carbonyl (C=O) groups excluding carboxylic acids is 1. The van der Waals surface area contributed by atoms with Gasteiger partial charge in [0.15, 0.2) is 0 Å². The molecule has 1 unspecified atom stereocenters. The molecule has 0 radical (unpaired) electrons. The Bertz CT molecular complexity index is 310. The van der Waals surface area contributed by atoms with Crippen LogP contribution in [0.25, 0.3) is 0 Å². The number of carbonyl (C=O) groups is 1. The lowest BCUT2D eigenvalue weighted by atomic mass is 10.3. The number of thiophene rings is 1. The van der Waals surface area contributed by atoms with Crippen LogP contribution in [-0.4, -0.2) is 35.1 Å². The summed E-state index contributed by atoms with van der Waals surface area (Å²) in [7, 11) is 0. The summed E-state index contributed by atoms with van der Waals surface area (Å²) < 4.78 is 0. The number of aliphatic hydroxyl groups is 1. The predicted molar refractivity (Wildman–Crippen MR) is 55.2 cm³/mol. The molecule has 1 aromatic rings. The van der Waals surface area contributed by atoms with Crippen molar-refractivity contribution in [2.45, 2.75) is 18.9 Å². The van der Waals surface area contributed by atoms with Gasteiger partial charge in [0.05, 0.1) is 12.5 Å². The molecule has 1 aliphatic heterocycles. The lowest BCUT2D eigenvalue weighted by molar-refractivity contribution is -0.127. The van der Waals surface area contributed by atoms with Crippen molar-refractivity contribution in [2.75, 3.05) is 13.1 Å². The van der Waals surface area contributed by atoms with Crippen molar-refractivity contribution in [3.63, 3.8) is 0 Å². The summed E-state index contributed by atoms with van der Waals surface area (Å²) in [6, 6.07) is 4.09. The Balaban J connectivity index is 1.84. The van der Waals surface area contributed by atoms with Gasteiger partial charge >= 0.3 is 0 Å². The van der Waals surface area contributed by atoms with E-state index in [2.05, 4.69) is 6.07 Å². The molecule has 2 rings (SSSR count). The summed E-state index contributed by atoms with van der Waals surface area (Å²) in [5, 5.41) is 11.3. The van der Waals surface area contributed by atoms with Crippen molar-refractivity contribution >= 4 is 17.2 Å². The maximum atomic E-state index is 11.3. The zero-order valence-electron chi connectivity index (χ0n) is 7.85. The van der Waals surface area contributed by atoms with Gasteiger partial charge in [0.25, 0.3) is 0 Å². The van der Waals surface area contributed by atoms with E-state index < -0.39 is 6.10 Å². The largest absolute Gasteiger partial charge is 0.391 e. The van der Waals surface area contributed by atoms with E-state index in [1.807, 2.05) is 11.4 Å². The molecule has 0 aliphatic carbocycles. The lowest BCUT2D eigenvalue weighted by Gasteiger charge is -2.14. The second kappa shape index (κ2) is 4.11. The van der Waals surface area contributed by atoms with Gasteiger partial charge in [-0.25, -0.2) is 0 Å². The Morgan fingerprint density at radius 3 is 3.07 bits per heavy atom. The number of β-amino-alcohol motifs (C(OH)–C–C–N with tert-alkyl or cyclic N) is 1. The van der Waals surface area contributed by atoms with Crippen LogP contribution in [0.15, 0.2) is 17.5 Å². The van der Waals surface area contributed by atoms with Crippen LogP contribution < -0.4 is 0 Å². The van der Waals surface area contributed by atoms with E-state index in [1.54, 1.807) is 16.2 Å². The molecule has 14 heavy (non-hydrogen) atoms. The van der Waals surface area contributed by atoms with Gasteiger partial charge in [-0.05, 0) is 17.9 Å². The van der Waals surface area contributed by atoms with Crippen LogP contribution in [0.2, 0.25) is 0 Å². The number of rotatable bonds is 3. The molecule has 2 heterocycles. The van der Waals surface area contributed by atoms with Crippen LogP contribution in [0.3, 0.4) is 0 Å². The van der Waals surface area contributed by atoms with Gasteiger partial charge in [0.2, 0.25) is 5.91 Å². The van der Waals surface area contributed by atoms with Crippen LogP contribution in [0.1, 0.15) is 11.3 Å². The highest BCUT2D eigenvalue weighted by molar-refractivity contribution is 7.09. The third-order valence-electron chi connectivity index (χ3n) is 2.40. The van der Waals surface area contributed by atoms with Crippen molar-refractivity contribution in [1.29, 1.82) is 0 Å². The first-order chi connectivity index (χ1) is 6.75. The Labute approximate surface area is 87.0 Å². The van der Waals surface area contributed by atoms with Crippen LogP contribution in [0.4, 0.5) is 0 Å². The minimum absolute atomic E-state index is 0.0778. The van der Waals surface area contributed by atoms with Crippen molar-refractivity contribution in [3.8, 4) is 0 Å². The monoisotopic (exact) mass is 211 g/mol. The van der Waals surface area contributed by atoms with Gasteiger partial charge in [-0.15, -0.1) is 11.3 Å². The molecule has 1 fully saturated rings. The van der Waals surface area contributed by atoms with E-state index >= 15 is 0 Å². The molecule has 4 heteroatoms. The number of likely N-dealkylation sites (tertiary alicyclic amines) is 1. The highest BCUT2D eigenvalue weighted by Gasteiger charge is 2.27. The normalized spacial score (nSPS) is 21.9. The van der Waals surface area contributed by atoms with E-state index in [-0.39, 0.29) is 5.91 Å². The number of amides is 1. The summed E-state index contributed by atoms with van der Waals surface area (Å²) in [6.45, 7) is 1.24. The summed E-state index contributed by atoms with van der Waals surface area (Å²) in [5.41, 5.74) is 0. The minimum atomic E-state index is -0.453. The third-order valence-corrected chi connectivity index (χ3v) is 3.34. The smallest absolute Gasteiger partial charge is 0.225 e. The standard InChI is InChI=1S/C10H13NO2S/c12-8-6-10(13)11(7-8)4-3-9-2-1-5-14-9/h1-2,5,8,12H,3-4,6-7H2.